The molecule has 0 saturated heterocycles. The number of hydrogen-bond donors (Lipinski definition) is 2. The molecule has 3 N–H and O–H groups in total. The van der Waals surface area contributed by atoms with Crippen LogP contribution in [0.15, 0.2) is 48.5 Å². The first-order valence-corrected chi connectivity index (χ1v) is 7.08. The molecular weight excluding hydrogens is 341 g/mol. The van der Waals surface area contributed by atoms with Gasteiger partial charge >= 0.3 is 6.18 Å². The van der Waals surface area contributed by atoms with Gasteiger partial charge in [0.2, 0.25) is 0 Å². The van der Waals surface area contributed by atoms with Gasteiger partial charge in [0.15, 0.2) is 0 Å². The first-order chi connectivity index (χ1) is 10.8. The van der Waals surface area contributed by atoms with Gasteiger partial charge in [0.25, 0.3) is 5.91 Å². The van der Waals surface area contributed by atoms with Crippen LogP contribution < -0.4 is 11.1 Å². The van der Waals surface area contributed by atoms with Gasteiger partial charge in [-0.2, -0.15) is 13.2 Å². The number of rotatable bonds is 4. The Morgan fingerprint density at radius 2 is 1.79 bits per heavy atom. The Hall–Kier alpha value is -2.05. The number of nitrogens with one attached hydrogen (secondary N) is 1. The highest BCUT2D eigenvalue weighted by Gasteiger charge is 2.30. The largest absolute Gasteiger partial charge is 0.416 e. The lowest BCUT2D eigenvalue weighted by Crippen LogP contribution is -2.26. The van der Waals surface area contributed by atoms with Gasteiger partial charge in [-0.1, -0.05) is 24.3 Å². The van der Waals surface area contributed by atoms with Crippen molar-refractivity contribution >= 4 is 18.3 Å². The molecule has 7 heteroatoms. The summed E-state index contributed by atoms with van der Waals surface area (Å²) >= 11 is 0. The summed E-state index contributed by atoms with van der Waals surface area (Å²) in [5, 5.41) is 2.76. The lowest BCUT2D eigenvalue weighted by Gasteiger charge is -2.16. The monoisotopic (exact) mass is 358 g/mol. The molecule has 0 heterocycles. The molecular formula is C17H18ClF3N2O. The standard InChI is InChI=1S/C17H17F3N2O.ClH/c1-11(13-5-7-15(8-6-13)17(18,19)20)22-16(23)14-4-2-3-12(9-14)10-21;/h2-9,11H,10,21H2,1H3,(H,22,23);1H. The lowest BCUT2D eigenvalue weighted by atomic mass is 10.0. The summed E-state index contributed by atoms with van der Waals surface area (Å²) in [5.41, 5.74) is 6.72. The van der Waals surface area contributed by atoms with E-state index in [1.807, 2.05) is 6.07 Å². The molecule has 1 amide bonds. The molecule has 0 spiro atoms. The molecule has 1 unspecified atom stereocenters. The van der Waals surface area contributed by atoms with E-state index >= 15 is 0 Å². The highest BCUT2D eigenvalue weighted by atomic mass is 35.5. The van der Waals surface area contributed by atoms with E-state index in [4.69, 9.17) is 5.73 Å². The number of alkyl halides is 3. The quantitative estimate of drug-likeness (QED) is 0.865. The van der Waals surface area contributed by atoms with Crippen LogP contribution >= 0.6 is 12.4 Å². The van der Waals surface area contributed by atoms with Gasteiger partial charge in [-0.05, 0) is 42.3 Å². The number of nitrogens with two attached hydrogens (primary N) is 1. The van der Waals surface area contributed by atoms with Gasteiger partial charge in [-0.3, -0.25) is 4.79 Å². The van der Waals surface area contributed by atoms with Crippen LogP contribution in [0.5, 0.6) is 0 Å². The summed E-state index contributed by atoms with van der Waals surface area (Å²) in [6, 6.07) is 11.2. The Morgan fingerprint density at radius 1 is 1.17 bits per heavy atom. The third kappa shape index (κ3) is 4.97. The molecule has 1 atom stereocenters. The van der Waals surface area contributed by atoms with Gasteiger partial charge < -0.3 is 11.1 Å². The molecule has 0 fully saturated rings. The number of carbonyl (C=O) groups is 1. The third-order valence-corrected chi connectivity index (χ3v) is 3.51. The fourth-order valence-electron chi connectivity index (χ4n) is 2.16. The predicted molar refractivity (Wildman–Crippen MR) is 88.9 cm³/mol. The van der Waals surface area contributed by atoms with Crippen LogP contribution in [0.3, 0.4) is 0 Å². The minimum absolute atomic E-state index is 0. The summed E-state index contributed by atoms with van der Waals surface area (Å²) in [6.07, 6.45) is -4.37. The highest BCUT2D eigenvalue weighted by molar-refractivity contribution is 5.94. The van der Waals surface area contributed by atoms with E-state index in [2.05, 4.69) is 5.32 Å². The smallest absolute Gasteiger partial charge is 0.346 e. The van der Waals surface area contributed by atoms with Crippen LogP contribution in [0.1, 0.15) is 40.0 Å². The van der Waals surface area contributed by atoms with Gasteiger partial charge in [0.1, 0.15) is 0 Å². The minimum atomic E-state index is -4.37. The average molecular weight is 359 g/mol. The first kappa shape index (κ1) is 20.0. The molecule has 0 aromatic heterocycles. The fraction of sp³-hybridized carbons (Fsp3) is 0.235. The number of hydrogen-bond acceptors (Lipinski definition) is 2. The Balaban J connectivity index is 0.00000288. The zero-order valence-electron chi connectivity index (χ0n) is 12.9. The van der Waals surface area contributed by atoms with E-state index in [1.165, 1.54) is 12.1 Å². The van der Waals surface area contributed by atoms with E-state index in [9.17, 15) is 18.0 Å². The van der Waals surface area contributed by atoms with E-state index in [0.29, 0.717) is 17.7 Å². The Kier molecular flexibility index (Phi) is 6.81. The maximum absolute atomic E-state index is 12.5. The second-order valence-corrected chi connectivity index (χ2v) is 5.22. The van der Waals surface area contributed by atoms with Crippen LogP contribution in [0.2, 0.25) is 0 Å². The van der Waals surface area contributed by atoms with E-state index in [1.54, 1.807) is 25.1 Å². The van der Waals surface area contributed by atoms with Gasteiger partial charge in [0.05, 0.1) is 11.6 Å². The van der Waals surface area contributed by atoms with Crippen LogP contribution in [0.4, 0.5) is 13.2 Å². The van der Waals surface area contributed by atoms with Crippen LogP contribution in [0.25, 0.3) is 0 Å². The topological polar surface area (TPSA) is 55.1 Å². The normalized spacial score (nSPS) is 12.2. The summed E-state index contributed by atoms with van der Waals surface area (Å²) in [7, 11) is 0. The molecule has 3 nitrogen and oxygen atoms in total. The summed E-state index contributed by atoms with van der Waals surface area (Å²) in [4.78, 5) is 12.2. The van der Waals surface area contributed by atoms with Crippen LogP contribution in [-0.2, 0) is 12.7 Å². The molecule has 2 aromatic carbocycles. The van der Waals surface area contributed by atoms with Crippen molar-refractivity contribution < 1.29 is 18.0 Å². The number of benzene rings is 2. The zero-order valence-corrected chi connectivity index (χ0v) is 13.7. The van der Waals surface area contributed by atoms with Crippen LogP contribution in [-0.4, -0.2) is 5.91 Å². The second kappa shape index (κ2) is 8.17. The highest BCUT2D eigenvalue weighted by Crippen LogP contribution is 2.29. The molecule has 24 heavy (non-hydrogen) atoms. The van der Waals surface area contributed by atoms with Gasteiger partial charge in [-0.25, -0.2) is 0 Å². The lowest BCUT2D eigenvalue weighted by molar-refractivity contribution is -0.137. The molecule has 0 radical (unpaired) electrons. The van der Waals surface area contributed by atoms with Crippen molar-refractivity contribution in [3.63, 3.8) is 0 Å². The number of amides is 1. The molecule has 0 bridgehead atoms. The maximum atomic E-state index is 12.5. The average Bonchev–Trinajstić information content (AvgIpc) is 2.54. The fourth-order valence-corrected chi connectivity index (χ4v) is 2.16. The predicted octanol–water partition coefficient (Wildman–Crippen LogP) is 4.08. The minimum Gasteiger partial charge on any atom is -0.346 e. The molecule has 0 saturated carbocycles. The summed E-state index contributed by atoms with van der Waals surface area (Å²) in [5.74, 6) is -0.298. The van der Waals surface area contributed by atoms with E-state index < -0.39 is 17.8 Å². The number of halogens is 4. The van der Waals surface area contributed by atoms with Crippen molar-refractivity contribution in [1.82, 2.24) is 5.32 Å². The third-order valence-electron chi connectivity index (χ3n) is 3.51. The summed E-state index contributed by atoms with van der Waals surface area (Å²) in [6.45, 7) is 2.04. The number of carbonyl (C=O) groups excluding carboxylic acids is 1. The molecule has 2 aromatic rings. The van der Waals surface area contributed by atoms with E-state index in [-0.39, 0.29) is 18.3 Å². The maximum Gasteiger partial charge on any atom is 0.416 e. The molecule has 0 aliphatic rings. The van der Waals surface area contributed by atoms with Crippen molar-refractivity contribution in [2.75, 3.05) is 0 Å². The van der Waals surface area contributed by atoms with Crippen molar-refractivity contribution in [1.29, 1.82) is 0 Å². The van der Waals surface area contributed by atoms with Crippen molar-refractivity contribution in [3.05, 3.63) is 70.8 Å². The van der Waals surface area contributed by atoms with Gasteiger partial charge in [-0.15, -0.1) is 12.4 Å². The second-order valence-electron chi connectivity index (χ2n) is 5.22. The summed E-state index contributed by atoms with van der Waals surface area (Å²) < 4.78 is 37.6. The Bertz CT molecular complexity index is 687. The first-order valence-electron chi connectivity index (χ1n) is 7.08. The molecule has 0 aliphatic heterocycles. The van der Waals surface area contributed by atoms with Crippen molar-refractivity contribution in [2.24, 2.45) is 5.73 Å². The Morgan fingerprint density at radius 3 is 2.33 bits per heavy atom. The Labute approximate surface area is 144 Å². The molecule has 0 aliphatic carbocycles. The molecule has 2 rings (SSSR count). The van der Waals surface area contributed by atoms with Gasteiger partial charge in [0, 0.05) is 12.1 Å². The SMILES string of the molecule is CC(NC(=O)c1cccc(CN)c1)c1ccc(C(F)(F)F)cc1.Cl. The zero-order chi connectivity index (χ0) is 17.0. The van der Waals surface area contributed by atoms with Crippen molar-refractivity contribution in [2.45, 2.75) is 25.7 Å². The van der Waals surface area contributed by atoms with E-state index in [0.717, 1.165) is 17.7 Å². The van der Waals surface area contributed by atoms with Crippen molar-refractivity contribution in [3.8, 4) is 0 Å². The van der Waals surface area contributed by atoms with Crippen LogP contribution in [0, 0.1) is 0 Å². The molecule has 130 valence electrons.